The Labute approximate surface area is 257 Å². The van der Waals surface area contributed by atoms with Crippen LogP contribution in [0.3, 0.4) is 0 Å². The van der Waals surface area contributed by atoms with Gasteiger partial charge in [-0.25, -0.2) is 28.1 Å². The lowest BCUT2D eigenvalue weighted by molar-refractivity contribution is -0.126. The van der Waals surface area contributed by atoms with Crippen molar-refractivity contribution in [1.29, 1.82) is 0 Å². The van der Waals surface area contributed by atoms with Crippen LogP contribution in [-0.4, -0.2) is 73.7 Å². The second kappa shape index (κ2) is 11.2. The first-order chi connectivity index (χ1) is 21.8. The highest BCUT2D eigenvalue weighted by molar-refractivity contribution is 5.92. The molecule has 0 unspecified atom stereocenters. The fourth-order valence-corrected chi connectivity index (χ4v) is 6.26. The average molecular weight is 616 g/mol. The normalized spacial score (nSPS) is 19.2. The summed E-state index contributed by atoms with van der Waals surface area (Å²) in [6.07, 6.45) is 4.47. The van der Waals surface area contributed by atoms with Crippen LogP contribution in [0.15, 0.2) is 48.0 Å². The molecule has 2 bridgehead atoms. The van der Waals surface area contributed by atoms with Crippen molar-refractivity contribution in [2.24, 2.45) is 0 Å². The van der Waals surface area contributed by atoms with Crippen molar-refractivity contribution in [3.05, 3.63) is 71.1 Å². The molecule has 3 aromatic heterocycles. The van der Waals surface area contributed by atoms with Crippen molar-refractivity contribution in [2.45, 2.75) is 51.1 Å². The predicted molar refractivity (Wildman–Crippen MR) is 162 cm³/mol. The molecule has 0 spiro atoms. The molecule has 1 aliphatic carbocycles. The van der Waals surface area contributed by atoms with Gasteiger partial charge in [-0.15, -0.1) is 0 Å². The number of carbonyl (C=O) groups is 1. The lowest BCUT2D eigenvalue weighted by Crippen LogP contribution is -2.49. The van der Waals surface area contributed by atoms with E-state index < -0.39 is 17.3 Å². The summed E-state index contributed by atoms with van der Waals surface area (Å²) >= 11 is 0. The molecular weight excluding hydrogens is 584 g/mol. The molecule has 4 aromatic rings. The van der Waals surface area contributed by atoms with Crippen LogP contribution in [0.2, 0.25) is 0 Å². The average Bonchev–Trinajstić information content (AvgIpc) is 3.83. The predicted octanol–water partition coefficient (Wildman–Crippen LogP) is 4.17. The topological polar surface area (TPSA) is 116 Å². The van der Waals surface area contributed by atoms with E-state index in [1.807, 2.05) is 18.7 Å². The summed E-state index contributed by atoms with van der Waals surface area (Å²) in [5, 5.41) is 0.236. The number of hydrogen-bond donors (Lipinski definition) is 0. The summed E-state index contributed by atoms with van der Waals surface area (Å²) in [7, 11) is 0. The zero-order valence-corrected chi connectivity index (χ0v) is 24.9. The second-order valence-electron chi connectivity index (χ2n) is 11.6. The number of fused-ring (bicyclic) bond motifs is 6. The van der Waals surface area contributed by atoms with Gasteiger partial charge in [-0.1, -0.05) is 26.5 Å². The van der Waals surface area contributed by atoms with Crippen molar-refractivity contribution in [3.8, 4) is 28.6 Å². The molecule has 2 aliphatic heterocycles. The number of hydrogen-bond acceptors (Lipinski definition) is 9. The van der Waals surface area contributed by atoms with Crippen LogP contribution >= 0.6 is 0 Å². The molecular formula is C32H31F2N7O4. The number of nitrogens with zero attached hydrogens (tertiary/aromatic N) is 7. The number of anilines is 1. The van der Waals surface area contributed by atoms with Gasteiger partial charge in [0.2, 0.25) is 11.8 Å². The minimum absolute atomic E-state index is 0.0380. The van der Waals surface area contributed by atoms with Crippen molar-refractivity contribution in [2.75, 3.05) is 31.2 Å². The van der Waals surface area contributed by atoms with Crippen LogP contribution in [0.5, 0.6) is 11.6 Å². The highest BCUT2D eigenvalue weighted by Crippen LogP contribution is 2.42. The van der Waals surface area contributed by atoms with E-state index in [0.29, 0.717) is 38.0 Å². The summed E-state index contributed by atoms with van der Waals surface area (Å²) in [5.74, 6) is -1.33. The molecule has 13 heteroatoms. The van der Waals surface area contributed by atoms with Gasteiger partial charge < -0.3 is 19.3 Å². The number of piperazine rings is 1. The van der Waals surface area contributed by atoms with Crippen LogP contribution in [0.4, 0.5) is 14.6 Å². The SMILES string of the molecule is C=CC(=O)N1CCN(c2nc(=O)n3c4nc(c(F)cc24)-c2c(F)cccc2OCCCCOc2ncnc(C(C)C)c2-3)[C@@H]2C[C@@H]21. The third kappa shape index (κ3) is 4.86. The Bertz CT molecular complexity index is 1910. The minimum Gasteiger partial charge on any atom is -0.493 e. The van der Waals surface area contributed by atoms with E-state index in [0.717, 1.165) is 0 Å². The van der Waals surface area contributed by atoms with Crippen LogP contribution in [0.1, 0.15) is 44.7 Å². The summed E-state index contributed by atoms with van der Waals surface area (Å²) < 4.78 is 44.9. The molecule has 5 heterocycles. The van der Waals surface area contributed by atoms with Gasteiger partial charge in [-0.05, 0) is 49.5 Å². The standard InChI is InChI=1S/C32H31F2N7O4/c1-4-24(42)39-10-11-40(22-15-21(22)39)29-18-14-20(34)27-25-19(33)8-7-9-23(25)44-12-5-6-13-45-31-28(26(17(2)3)35-16-36-31)41(30(18)37-27)32(43)38-29/h4,7-9,14,16-17,21-22H,1,5-6,10-13,15H2,2-3H3/t21-,22+/m0/s1. The first-order valence-electron chi connectivity index (χ1n) is 15.0. The molecule has 0 N–H and O–H groups in total. The van der Waals surface area contributed by atoms with Gasteiger partial charge in [0.15, 0.2) is 11.5 Å². The van der Waals surface area contributed by atoms with Crippen molar-refractivity contribution in [3.63, 3.8) is 0 Å². The molecule has 11 nitrogen and oxygen atoms in total. The maximum Gasteiger partial charge on any atom is 0.356 e. The number of carbonyl (C=O) groups excluding carboxylic acids is 1. The lowest BCUT2D eigenvalue weighted by atomic mass is 10.1. The van der Waals surface area contributed by atoms with Crippen LogP contribution < -0.4 is 20.1 Å². The Balaban J connectivity index is 1.52. The molecule has 1 saturated carbocycles. The fraction of sp³-hybridized carbons (Fsp3) is 0.375. The summed E-state index contributed by atoms with van der Waals surface area (Å²) in [5.41, 5.74) is -0.367. The van der Waals surface area contributed by atoms with E-state index in [9.17, 15) is 9.59 Å². The Morgan fingerprint density at radius 2 is 1.87 bits per heavy atom. The molecule has 0 radical (unpaired) electrons. The lowest BCUT2D eigenvalue weighted by Gasteiger charge is -2.35. The molecule has 1 aromatic carbocycles. The van der Waals surface area contributed by atoms with Gasteiger partial charge in [-0.2, -0.15) is 9.97 Å². The maximum absolute atomic E-state index is 16.2. The monoisotopic (exact) mass is 615 g/mol. The Morgan fingerprint density at radius 3 is 2.64 bits per heavy atom. The Hall–Kier alpha value is -4.94. The van der Waals surface area contributed by atoms with Crippen molar-refractivity contribution in [1.82, 2.24) is 29.4 Å². The zero-order valence-electron chi connectivity index (χ0n) is 24.9. The Morgan fingerprint density at radius 1 is 1.07 bits per heavy atom. The second-order valence-corrected chi connectivity index (χ2v) is 11.6. The highest BCUT2D eigenvalue weighted by atomic mass is 19.1. The number of ether oxygens (including phenoxy) is 2. The zero-order chi connectivity index (χ0) is 31.4. The van der Waals surface area contributed by atoms with E-state index >= 15 is 8.78 Å². The number of benzene rings is 1. The molecule has 1 amide bonds. The van der Waals surface area contributed by atoms with E-state index in [1.54, 1.807) is 11.0 Å². The minimum atomic E-state index is -0.810. The molecule has 3 aliphatic rings. The number of amides is 1. The third-order valence-electron chi connectivity index (χ3n) is 8.47. The van der Waals surface area contributed by atoms with E-state index in [2.05, 4.69) is 26.5 Å². The van der Waals surface area contributed by atoms with E-state index in [1.165, 1.54) is 35.2 Å². The largest absolute Gasteiger partial charge is 0.493 e. The molecule has 7 rings (SSSR count). The first-order valence-corrected chi connectivity index (χ1v) is 15.0. The van der Waals surface area contributed by atoms with Crippen LogP contribution in [0, 0.1) is 11.6 Å². The van der Waals surface area contributed by atoms with E-state index in [-0.39, 0.29) is 82.5 Å². The molecule has 1 saturated heterocycles. The van der Waals surface area contributed by atoms with Crippen LogP contribution in [-0.2, 0) is 4.79 Å². The van der Waals surface area contributed by atoms with Gasteiger partial charge >= 0.3 is 5.69 Å². The first kappa shape index (κ1) is 28.8. The third-order valence-corrected chi connectivity index (χ3v) is 8.47. The van der Waals surface area contributed by atoms with Crippen LogP contribution in [0.25, 0.3) is 28.0 Å². The number of halogens is 2. The summed E-state index contributed by atoms with van der Waals surface area (Å²) in [6.45, 7) is 8.69. The number of aromatic nitrogens is 5. The molecule has 232 valence electrons. The molecule has 2 fully saturated rings. The van der Waals surface area contributed by atoms with Gasteiger partial charge in [0.25, 0.3) is 0 Å². The smallest absolute Gasteiger partial charge is 0.356 e. The quantitative estimate of drug-likeness (QED) is 0.313. The van der Waals surface area contributed by atoms with Gasteiger partial charge in [0.1, 0.15) is 35.1 Å². The van der Waals surface area contributed by atoms with Gasteiger partial charge in [0, 0.05) is 13.1 Å². The fourth-order valence-electron chi connectivity index (χ4n) is 6.26. The van der Waals surface area contributed by atoms with Gasteiger partial charge in [-0.3, -0.25) is 4.79 Å². The molecule has 45 heavy (non-hydrogen) atoms. The summed E-state index contributed by atoms with van der Waals surface area (Å²) in [6, 6.07) is 5.30. The number of pyridine rings is 1. The highest BCUT2D eigenvalue weighted by Gasteiger charge is 2.51. The van der Waals surface area contributed by atoms with Crippen molar-refractivity contribution < 1.29 is 23.0 Å². The van der Waals surface area contributed by atoms with Gasteiger partial charge in [0.05, 0.1) is 41.9 Å². The van der Waals surface area contributed by atoms with E-state index in [4.69, 9.17) is 9.47 Å². The summed E-state index contributed by atoms with van der Waals surface area (Å²) in [4.78, 5) is 48.2. The Kier molecular flexibility index (Phi) is 7.17. The number of rotatable bonds is 3. The van der Waals surface area contributed by atoms with Crippen molar-refractivity contribution >= 4 is 22.8 Å². The molecule has 2 atom stereocenters. The maximum atomic E-state index is 16.2.